The lowest BCUT2D eigenvalue weighted by molar-refractivity contribution is 0.426. The average Bonchev–Trinajstić information content (AvgIpc) is 3.36. The van der Waals surface area contributed by atoms with Crippen LogP contribution in [0.1, 0.15) is 11.3 Å². The first kappa shape index (κ1) is 16.8. The van der Waals surface area contributed by atoms with Gasteiger partial charge in [0.1, 0.15) is 0 Å². The lowest BCUT2D eigenvalue weighted by Gasteiger charge is -2.00. The molecule has 0 saturated heterocycles. The number of benzene rings is 2. The molecule has 0 atom stereocenters. The summed E-state index contributed by atoms with van der Waals surface area (Å²) in [7, 11) is 0. The van der Waals surface area contributed by atoms with Gasteiger partial charge in [0.2, 0.25) is 5.13 Å². The van der Waals surface area contributed by atoms with Gasteiger partial charge in [-0.2, -0.15) is 0 Å². The zero-order valence-corrected chi connectivity index (χ0v) is 15.5. The zero-order valence-electron chi connectivity index (χ0n) is 13.8. The maximum absolute atomic E-state index is 5.42. The van der Waals surface area contributed by atoms with E-state index in [4.69, 9.17) is 4.52 Å². The van der Waals surface area contributed by atoms with Gasteiger partial charge in [0.15, 0.2) is 10.1 Å². The van der Waals surface area contributed by atoms with E-state index in [9.17, 15) is 0 Å². The second-order valence-corrected chi connectivity index (χ2v) is 7.75. The first-order valence-corrected chi connectivity index (χ1v) is 9.92. The zero-order chi connectivity index (χ0) is 17.6. The van der Waals surface area contributed by atoms with Crippen LogP contribution in [-0.2, 0) is 12.3 Å². The number of anilines is 1. The van der Waals surface area contributed by atoms with Crippen molar-refractivity contribution in [3.05, 3.63) is 78.0 Å². The second kappa shape index (κ2) is 8.16. The monoisotopic (exact) mass is 380 g/mol. The maximum atomic E-state index is 5.42. The van der Waals surface area contributed by atoms with Gasteiger partial charge in [-0.25, -0.2) is 0 Å². The molecule has 0 amide bonds. The average molecular weight is 380 g/mol. The quantitative estimate of drug-likeness (QED) is 0.450. The molecular weight excluding hydrogens is 364 g/mol. The molecule has 2 heterocycles. The van der Waals surface area contributed by atoms with Gasteiger partial charge in [-0.3, -0.25) is 0 Å². The molecule has 5 nitrogen and oxygen atoms in total. The van der Waals surface area contributed by atoms with Crippen LogP contribution in [-0.4, -0.2) is 15.4 Å². The van der Waals surface area contributed by atoms with Gasteiger partial charge < -0.3 is 9.84 Å². The number of nitrogens with one attached hydrogen (secondary N) is 1. The molecule has 7 heteroatoms. The van der Waals surface area contributed by atoms with Gasteiger partial charge in [-0.05, 0) is 5.56 Å². The highest BCUT2D eigenvalue weighted by Crippen LogP contribution is 2.29. The molecule has 2 aromatic heterocycles. The third kappa shape index (κ3) is 4.30. The molecule has 0 aliphatic heterocycles. The van der Waals surface area contributed by atoms with E-state index in [0.29, 0.717) is 5.75 Å². The first-order chi connectivity index (χ1) is 12.9. The highest BCUT2D eigenvalue weighted by atomic mass is 32.2. The topological polar surface area (TPSA) is 63.8 Å². The van der Waals surface area contributed by atoms with Gasteiger partial charge in [-0.15, -0.1) is 10.2 Å². The minimum Gasteiger partial charge on any atom is -0.356 e. The number of hydrogen-bond donors (Lipinski definition) is 1. The van der Waals surface area contributed by atoms with E-state index in [1.807, 2.05) is 54.6 Å². The highest BCUT2D eigenvalue weighted by Gasteiger charge is 2.09. The van der Waals surface area contributed by atoms with Crippen LogP contribution in [0.4, 0.5) is 5.13 Å². The summed E-state index contributed by atoms with van der Waals surface area (Å²) in [4.78, 5) is 0. The van der Waals surface area contributed by atoms with Crippen LogP contribution in [0.5, 0.6) is 0 Å². The Labute approximate surface area is 159 Å². The van der Waals surface area contributed by atoms with E-state index < -0.39 is 0 Å². The van der Waals surface area contributed by atoms with Crippen LogP contribution in [0.2, 0.25) is 0 Å². The summed E-state index contributed by atoms with van der Waals surface area (Å²) in [5.74, 6) is 1.48. The Morgan fingerprint density at radius 1 is 0.962 bits per heavy atom. The lowest BCUT2D eigenvalue weighted by Crippen LogP contribution is -1.98. The van der Waals surface area contributed by atoms with Gasteiger partial charge in [0, 0.05) is 23.9 Å². The summed E-state index contributed by atoms with van der Waals surface area (Å²) < 4.78 is 6.33. The molecule has 0 fully saturated rings. The Morgan fingerprint density at radius 2 is 1.73 bits per heavy atom. The molecule has 2 aromatic carbocycles. The van der Waals surface area contributed by atoms with E-state index in [1.54, 1.807) is 23.1 Å². The van der Waals surface area contributed by atoms with E-state index in [-0.39, 0.29) is 0 Å². The van der Waals surface area contributed by atoms with Crippen molar-refractivity contribution in [3.8, 4) is 11.3 Å². The van der Waals surface area contributed by atoms with Crippen LogP contribution in [0.25, 0.3) is 11.3 Å². The fraction of sp³-hybridized carbons (Fsp3) is 0.105. The van der Waals surface area contributed by atoms with Gasteiger partial charge >= 0.3 is 0 Å². The summed E-state index contributed by atoms with van der Waals surface area (Å²) in [6, 6.07) is 22.2. The summed E-state index contributed by atoms with van der Waals surface area (Å²) in [6.07, 6.45) is 0. The largest absolute Gasteiger partial charge is 0.356 e. The third-order valence-electron chi connectivity index (χ3n) is 3.65. The van der Waals surface area contributed by atoms with Crippen LogP contribution >= 0.6 is 23.1 Å². The van der Waals surface area contributed by atoms with Crippen LogP contribution in [0.3, 0.4) is 0 Å². The maximum Gasteiger partial charge on any atom is 0.206 e. The standard InChI is InChI=1S/C19H16N4OS2/c1-3-7-14(8-4-1)12-20-18-21-22-19(26-18)25-13-16-11-17(24-23-16)15-9-5-2-6-10-15/h1-11H,12-13H2,(H,20,21). The van der Waals surface area contributed by atoms with Gasteiger partial charge in [-0.1, -0.05) is 88.9 Å². The molecule has 0 saturated carbocycles. The molecular formula is C19H16N4OS2. The SMILES string of the molecule is c1ccc(CNc2nnc(SCc3cc(-c4ccccc4)on3)s2)cc1. The fourth-order valence-corrected chi connectivity index (χ4v) is 4.00. The Bertz CT molecular complexity index is 954. The molecule has 0 radical (unpaired) electrons. The highest BCUT2D eigenvalue weighted by molar-refractivity contribution is 8.00. The summed E-state index contributed by atoms with van der Waals surface area (Å²) in [6.45, 7) is 0.740. The predicted molar refractivity (Wildman–Crippen MR) is 105 cm³/mol. The molecule has 130 valence electrons. The summed E-state index contributed by atoms with van der Waals surface area (Å²) in [5.41, 5.74) is 3.13. The van der Waals surface area contributed by atoms with Gasteiger partial charge in [0.05, 0.1) is 5.69 Å². The van der Waals surface area contributed by atoms with Crippen molar-refractivity contribution in [3.63, 3.8) is 0 Å². The Balaban J connectivity index is 1.31. The van der Waals surface area contributed by atoms with Crippen LogP contribution < -0.4 is 5.32 Å². The van der Waals surface area contributed by atoms with Crippen molar-refractivity contribution in [1.29, 1.82) is 0 Å². The Morgan fingerprint density at radius 3 is 2.54 bits per heavy atom. The molecule has 0 unspecified atom stereocenters. The molecule has 0 aliphatic carbocycles. The lowest BCUT2D eigenvalue weighted by atomic mass is 10.2. The smallest absolute Gasteiger partial charge is 0.206 e. The number of nitrogens with zero attached hydrogens (tertiary/aromatic N) is 3. The number of rotatable bonds is 7. The molecule has 0 spiro atoms. The molecule has 26 heavy (non-hydrogen) atoms. The minimum absolute atomic E-state index is 0.698. The van der Waals surface area contributed by atoms with Crippen molar-refractivity contribution >= 4 is 28.2 Å². The van der Waals surface area contributed by atoms with Crippen LogP contribution in [0, 0.1) is 0 Å². The van der Waals surface area contributed by atoms with Crippen molar-refractivity contribution in [2.75, 3.05) is 5.32 Å². The van der Waals surface area contributed by atoms with Crippen LogP contribution in [0.15, 0.2) is 75.6 Å². The normalized spacial score (nSPS) is 10.8. The summed E-state index contributed by atoms with van der Waals surface area (Å²) >= 11 is 3.15. The number of aromatic nitrogens is 3. The molecule has 4 aromatic rings. The second-order valence-electron chi connectivity index (χ2n) is 5.55. The van der Waals surface area contributed by atoms with Gasteiger partial charge in [0.25, 0.3) is 0 Å². The molecule has 1 N–H and O–H groups in total. The molecule has 0 bridgehead atoms. The fourth-order valence-electron chi connectivity index (χ4n) is 2.37. The number of thioether (sulfide) groups is 1. The minimum atomic E-state index is 0.698. The van der Waals surface area contributed by atoms with Crippen molar-refractivity contribution in [2.45, 2.75) is 16.6 Å². The Kier molecular flexibility index (Phi) is 5.27. The predicted octanol–water partition coefficient (Wildman–Crippen LogP) is 5.10. The first-order valence-electron chi connectivity index (χ1n) is 8.12. The molecule has 0 aliphatic rings. The Hall–Kier alpha value is -2.64. The van der Waals surface area contributed by atoms with E-state index in [2.05, 4.69) is 32.8 Å². The van der Waals surface area contributed by atoms with E-state index in [0.717, 1.165) is 33.0 Å². The van der Waals surface area contributed by atoms with E-state index >= 15 is 0 Å². The number of hydrogen-bond acceptors (Lipinski definition) is 7. The molecule has 4 rings (SSSR count). The van der Waals surface area contributed by atoms with Crippen molar-refractivity contribution in [1.82, 2.24) is 15.4 Å². The third-order valence-corrected chi connectivity index (χ3v) is 5.70. The summed E-state index contributed by atoms with van der Waals surface area (Å²) in [5, 5.41) is 16.7. The van der Waals surface area contributed by atoms with Crippen molar-refractivity contribution < 1.29 is 4.52 Å². The van der Waals surface area contributed by atoms with E-state index in [1.165, 1.54) is 5.56 Å². The van der Waals surface area contributed by atoms with Crippen molar-refractivity contribution in [2.24, 2.45) is 0 Å².